The van der Waals surface area contributed by atoms with Crippen molar-refractivity contribution >= 4 is 0 Å². The molecule has 1 nitrogen and oxygen atoms in total. The molecule has 1 aromatic carbocycles. The zero-order valence-electron chi connectivity index (χ0n) is 16.9. The number of hydrogen-bond acceptors (Lipinski definition) is 1. The van der Waals surface area contributed by atoms with Crippen LogP contribution in [0.2, 0.25) is 0 Å². The molecule has 3 rings (SSSR count). The second kappa shape index (κ2) is 10.7. The van der Waals surface area contributed by atoms with Crippen LogP contribution in [0.5, 0.6) is 0 Å². The first kappa shape index (κ1) is 21.0. The lowest BCUT2D eigenvalue weighted by Crippen LogP contribution is -2.25. The molecule has 0 aromatic heterocycles. The summed E-state index contributed by atoms with van der Waals surface area (Å²) in [6.45, 7) is 0. The lowest BCUT2D eigenvalue weighted by molar-refractivity contribution is 0.151. The van der Waals surface area contributed by atoms with Gasteiger partial charge in [-0.05, 0) is 92.7 Å². The Morgan fingerprint density at radius 2 is 1.57 bits per heavy atom. The van der Waals surface area contributed by atoms with E-state index in [1.807, 2.05) is 0 Å². The predicted molar refractivity (Wildman–Crippen MR) is 110 cm³/mol. The van der Waals surface area contributed by atoms with Gasteiger partial charge in [-0.1, -0.05) is 37.8 Å². The number of aryl methyl sites for hydroxylation is 1. The predicted octanol–water partition coefficient (Wildman–Crippen LogP) is 7.37. The first-order valence-electron chi connectivity index (χ1n) is 11.2. The van der Waals surface area contributed by atoms with Crippen molar-refractivity contribution in [1.82, 2.24) is 0 Å². The van der Waals surface area contributed by atoms with Gasteiger partial charge in [0.2, 0.25) is 0 Å². The summed E-state index contributed by atoms with van der Waals surface area (Å²) in [6.07, 6.45) is 18.8. The monoisotopic (exact) mass is 385 g/mol. The van der Waals surface area contributed by atoms with Crippen LogP contribution >= 0.6 is 0 Å². The van der Waals surface area contributed by atoms with Crippen molar-refractivity contribution in [1.29, 1.82) is 5.26 Å². The summed E-state index contributed by atoms with van der Waals surface area (Å²) in [6, 6.07) is 6.39. The van der Waals surface area contributed by atoms with E-state index in [1.54, 1.807) is 12.1 Å². The van der Waals surface area contributed by atoms with Crippen molar-refractivity contribution in [3.63, 3.8) is 0 Å². The highest BCUT2D eigenvalue weighted by Gasteiger charge is 2.30. The topological polar surface area (TPSA) is 23.8 Å². The van der Waals surface area contributed by atoms with Crippen LogP contribution < -0.4 is 0 Å². The highest BCUT2D eigenvalue weighted by atomic mass is 19.2. The summed E-state index contributed by atoms with van der Waals surface area (Å²) < 4.78 is 26.2. The zero-order chi connectivity index (χ0) is 19.8. The molecular formula is C25H33F2N. The van der Waals surface area contributed by atoms with Crippen molar-refractivity contribution in [2.75, 3.05) is 0 Å². The molecule has 0 heterocycles. The molecule has 28 heavy (non-hydrogen) atoms. The first-order valence-corrected chi connectivity index (χ1v) is 11.2. The summed E-state index contributed by atoms with van der Waals surface area (Å²) in [5.41, 5.74) is 0.905. The van der Waals surface area contributed by atoms with Crippen LogP contribution in [-0.2, 0) is 6.42 Å². The summed E-state index contributed by atoms with van der Waals surface area (Å²) in [7, 11) is 0. The molecule has 0 saturated heterocycles. The third kappa shape index (κ3) is 6.16. The van der Waals surface area contributed by atoms with Crippen LogP contribution in [0.15, 0.2) is 30.4 Å². The lowest BCUT2D eigenvalue weighted by Gasteiger charge is -2.37. The summed E-state index contributed by atoms with van der Waals surface area (Å²) in [5.74, 6) is 1.82. The molecule has 0 atom stereocenters. The van der Waals surface area contributed by atoms with Crippen LogP contribution in [0.3, 0.4) is 0 Å². The average Bonchev–Trinajstić information content (AvgIpc) is 2.73. The van der Waals surface area contributed by atoms with E-state index in [-0.39, 0.29) is 0 Å². The van der Waals surface area contributed by atoms with Crippen molar-refractivity contribution in [3.8, 4) is 6.07 Å². The first-order chi connectivity index (χ1) is 13.7. The van der Waals surface area contributed by atoms with Gasteiger partial charge in [-0.25, -0.2) is 8.78 Å². The van der Waals surface area contributed by atoms with E-state index in [1.165, 1.54) is 76.3 Å². The molecule has 0 unspecified atom stereocenters. The van der Waals surface area contributed by atoms with Gasteiger partial charge in [-0.15, -0.1) is 0 Å². The minimum Gasteiger partial charge on any atom is -0.204 e. The maximum Gasteiger partial charge on any atom is 0.159 e. The Morgan fingerprint density at radius 3 is 2.21 bits per heavy atom. The van der Waals surface area contributed by atoms with Gasteiger partial charge in [-0.2, -0.15) is 5.26 Å². The van der Waals surface area contributed by atoms with Crippen molar-refractivity contribution in [2.24, 2.45) is 23.7 Å². The fraction of sp³-hybridized carbons (Fsp3) is 0.640. The Bertz CT molecular complexity index is 674. The van der Waals surface area contributed by atoms with E-state index in [9.17, 15) is 8.78 Å². The molecule has 1 aromatic rings. The van der Waals surface area contributed by atoms with Gasteiger partial charge in [0.15, 0.2) is 11.6 Å². The normalized spacial score (nSPS) is 28.3. The standard InChI is InChI=1S/C25H33F2N/c26-24-16-11-21(18-25(24)27)5-2-1-4-19-7-12-22(13-8-19)23-14-9-20(10-15-23)6-3-17-28/h3,6,11,16,18-20,22-23H,1-2,4-5,7-10,12-15H2. The fourth-order valence-corrected chi connectivity index (χ4v) is 5.39. The molecular weight excluding hydrogens is 352 g/mol. The SMILES string of the molecule is N#CC=CC1CCC(C2CCC(CCCCc3ccc(F)c(F)c3)CC2)CC1. The summed E-state index contributed by atoms with van der Waals surface area (Å²) >= 11 is 0. The maximum atomic E-state index is 13.3. The molecule has 2 fully saturated rings. The molecule has 2 aliphatic carbocycles. The van der Waals surface area contributed by atoms with Crippen LogP contribution in [0.4, 0.5) is 8.78 Å². The number of nitrogens with zero attached hydrogens (tertiary/aromatic N) is 1. The summed E-state index contributed by atoms with van der Waals surface area (Å²) in [4.78, 5) is 0. The minimum absolute atomic E-state index is 0.627. The maximum absolute atomic E-state index is 13.3. The third-order valence-corrected chi connectivity index (χ3v) is 7.13. The van der Waals surface area contributed by atoms with Gasteiger partial charge >= 0.3 is 0 Å². The van der Waals surface area contributed by atoms with Gasteiger partial charge in [0.25, 0.3) is 0 Å². The van der Waals surface area contributed by atoms with Gasteiger partial charge in [0.05, 0.1) is 6.07 Å². The van der Waals surface area contributed by atoms with Gasteiger partial charge in [0, 0.05) is 6.08 Å². The Balaban J connectivity index is 1.30. The smallest absolute Gasteiger partial charge is 0.159 e. The number of unbranched alkanes of at least 4 members (excludes halogenated alkanes) is 1. The largest absolute Gasteiger partial charge is 0.204 e. The molecule has 2 saturated carbocycles. The molecule has 0 radical (unpaired) electrons. The molecule has 0 N–H and O–H groups in total. The highest BCUT2D eigenvalue weighted by Crippen LogP contribution is 2.42. The molecule has 0 aliphatic heterocycles. The molecule has 0 bridgehead atoms. The highest BCUT2D eigenvalue weighted by molar-refractivity contribution is 5.17. The Labute approximate surface area is 168 Å². The Morgan fingerprint density at radius 1 is 0.893 bits per heavy atom. The van der Waals surface area contributed by atoms with Crippen LogP contribution in [0.25, 0.3) is 0 Å². The average molecular weight is 386 g/mol. The van der Waals surface area contributed by atoms with E-state index in [2.05, 4.69) is 12.1 Å². The summed E-state index contributed by atoms with van der Waals surface area (Å²) in [5, 5.41) is 8.67. The Kier molecular flexibility index (Phi) is 8.07. The van der Waals surface area contributed by atoms with Crippen LogP contribution in [0.1, 0.15) is 76.2 Å². The van der Waals surface area contributed by atoms with Crippen molar-refractivity contribution in [2.45, 2.75) is 77.0 Å². The molecule has 2 aliphatic rings. The van der Waals surface area contributed by atoms with Crippen molar-refractivity contribution < 1.29 is 8.78 Å². The molecule has 152 valence electrons. The number of allylic oxidation sites excluding steroid dienone is 2. The zero-order valence-corrected chi connectivity index (χ0v) is 16.9. The number of benzene rings is 1. The van der Waals surface area contributed by atoms with E-state index >= 15 is 0 Å². The molecule has 3 heteroatoms. The molecule has 0 amide bonds. The third-order valence-electron chi connectivity index (χ3n) is 7.13. The number of nitriles is 1. The minimum atomic E-state index is -0.757. The second-order valence-electron chi connectivity index (χ2n) is 8.94. The van der Waals surface area contributed by atoms with Gasteiger partial charge in [-0.3, -0.25) is 0 Å². The second-order valence-corrected chi connectivity index (χ2v) is 8.94. The van der Waals surface area contributed by atoms with Crippen molar-refractivity contribution in [3.05, 3.63) is 47.5 Å². The lowest BCUT2D eigenvalue weighted by atomic mass is 9.68. The quantitative estimate of drug-likeness (QED) is 0.355. The van der Waals surface area contributed by atoms with Gasteiger partial charge in [0.1, 0.15) is 0 Å². The van der Waals surface area contributed by atoms with Crippen LogP contribution in [-0.4, -0.2) is 0 Å². The van der Waals surface area contributed by atoms with E-state index in [0.717, 1.165) is 36.2 Å². The van der Waals surface area contributed by atoms with Crippen LogP contribution in [0, 0.1) is 46.6 Å². The number of rotatable bonds is 7. The van der Waals surface area contributed by atoms with E-state index in [4.69, 9.17) is 5.26 Å². The number of hydrogen-bond donors (Lipinski definition) is 0. The fourth-order valence-electron chi connectivity index (χ4n) is 5.39. The van der Waals surface area contributed by atoms with E-state index < -0.39 is 11.6 Å². The van der Waals surface area contributed by atoms with E-state index in [0.29, 0.717) is 5.92 Å². The van der Waals surface area contributed by atoms with Gasteiger partial charge < -0.3 is 0 Å². The Hall–Kier alpha value is -1.69. The number of halogens is 2. The molecule has 0 spiro atoms.